The molecule has 1 aromatic rings. The topological polar surface area (TPSA) is 87.7 Å². The Bertz CT molecular complexity index is 460. The molecule has 1 rings (SSSR count). The number of amides is 2. The van der Waals surface area contributed by atoms with E-state index in [4.69, 9.17) is 9.84 Å². The smallest absolute Gasteiger partial charge is 0.315 e. The molecule has 0 aliphatic heterocycles. The first-order valence-corrected chi connectivity index (χ1v) is 5.90. The van der Waals surface area contributed by atoms with Crippen molar-refractivity contribution in [1.82, 2.24) is 10.6 Å². The van der Waals surface area contributed by atoms with Gasteiger partial charge in [-0.2, -0.15) is 0 Å². The minimum atomic E-state index is -0.941. The quantitative estimate of drug-likeness (QED) is 0.723. The van der Waals surface area contributed by atoms with Gasteiger partial charge in [-0.25, -0.2) is 4.79 Å². The average molecular weight is 266 g/mol. The first-order valence-electron chi connectivity index (χ1n) is 5.90. The predicted molar refractivity (Wildman–Crippen MR) is 70.2 cm³/mol. The molecule has 0 atom stereocenters. The van der Waals surface area contributed by atoms with Crippen LogP contribution < -0.4 is 15.4 Å². The van der Waals surface area contributed by atoms with E-state index in [9.17, 15) is 9.59 Å². The Hall–Kier alpha value is -2.24. The van der Waals surface area contributed by atoms with Gasteiger partial charge in [0.25, 0.3) is 0 Å². The molecule has 0 saturated carbocycles. The molecule has 6 heteroatoms. The second-order valence-electron chi connectivity index (χ2n) is 4.06. The lowest BCUT2D eigenvalue weighted by molar-refractivity contribution is -0.136. The molecule has 0 aliphatic carbocycles. The van der Waals surface area contributed by atoms with Crippen LogP contribution in [0.25, 0.3) is 0 Å². The Morgan fingerprint density at radius 1 is 1.32 bits per heavy atom. The van der Waals surface area contributed by atoms with Gasteiger partial charge in [0, 0.05) is 13.1 Å². The molecule has 0 aromatic heterocycles. The third kappa shape index (κ3) is 5.29. The number of hydrogen-bond acceptors (Lipinski definition) is 3. The molecule has 0 unspecified atom stereocenters. The Morgan fingerprint density at radius 3 is 2.68 bits per heavy atom. The highest BCUT2D eigenvalue weighted by atomic mass is 16.5. The molecule has 3 N–H and O–H groups in total. The van der Waals surface area contributed by atoms with Crippen LogP contribution in [0, 0.1) is 6.92 Å². The van der Waals surface area contributed by atoms with Crippen molar-refractivity contribution in [2.24, 2.45) is 0 Å². The Morgan fingerprint density at radius 2 is 2.05 bits per heavy atom. The molecule has 2 amide bonds. The Kier molecular flexibility index (Phi) is 5.66. The Labute approximate surface area is 111 Å². The van der Waals surface area contributed by atoms with Gasteiger partial charge in [0.1, 0.15) is 5.75 Å². The maximum Gasteiger partial charge on any atom is 0.315 e. The third-order valence-corrected chi connectivity index (χ3v) is 2.55. The molecule has 0 heterocycles. The van der Waals surface area contributed by atoms with E-state index in [1.165, 1.54) is 0 Å². The second kappa shape index (κ2) is 7.25. The summed E-state index contributed by atoms with van der Waals surface area (Å²) in [4.78, 5) is 21.6. The van der Waals surface area contributed by atoms with E-state index in [1.54, 1.807) is 7.11 Å². The summed E-state index contributed by atoms with van der Waals surface area (Å²) >= 11 is 0. The van der Waals surface area contributed by atoms with Crippen molar-refractivity contribution in [3.63, 3.8) is 0 Å². The first kappa shape index (κ1) is 14.8. The number of methoxy groups -OCH3 is 1. The molecule has 6 nitrogen and oxygen atoms in total. The number of aryl methyl sites for hydroxylation is 1. The van der Waals surface area contributed by atoms with Crippen molar-refractivity contribution < 1.29 is 19.4 Å². The van der Waals surface area contributed by atoms with E-state index in [0.29, 0.717) is 6.54 Å². The number of carboxylic acid groups (broad SMARTS) is 1. The van der Waals surface area contributed by atoms with E-state index in [1.807, 2.05) is 25.1 Å². The number of benzene rings is 1. The van der Waals surface area contributed by atoms with Crippen LogP contribution in [-0.2, 0) is 11.3 Å². The van der Waals surface area contributed by atoms with Crippen LogP contribution in [0.2, 0.25) is 0 Å². The zero-order chi connectivity index (χ0) is 14.3. The monoisotopic (exact) mass is 266 g/mol. The summed E-state index contributed by atoms with van der Waals surface area (Å²) in [7, 11) is 1.60. The third-order valence-electron chi connectivity index (χ3n) is 2.55. The highest BCUT2D eigenvalue weighted by molar-refractivity contribution is 5.75. The number of ether oxygens (including phenoxy) is 1. The summed E-state index contributed by atoms with van der Waals surface area (Å²) in [6, 6.07) is 5.28. The molecule has 0 fully saturated rings. The predicted octanol–water partition coefficient (Wildman–Crippen LogP) is 1.28. The van der Waals surface area contributed by atoms with Gasteiger partial charge in [0.2, 0.25) is 0 Å². The molecule has 0 spiro atoms. The zero-order valence-corrected chi connectivity index (χ0v) is 11.0. The van der Waals surface area contributed by atoms with Gasteiger partial charge in [-0.1, -0.05) is 12.1 Å². The summed E-state index contributed by atoms with van der Waals surface area (Å²) in [5.74, 6) is -0.172. The number of carbonyl (C=O) groups is 2. The molecule has 1 aromatic carbocycles. The number of nitrogens with one attached hydrogen (secondary N) is 2. The second-order valence-corrected chi connectivity index (χ2v) is 4.06. The van der Waals surface area contributed by atoms with Crippen LogP contribution in [0.15, 0.2) is 18.2 Å². The first-order chi connectivity index (χ1) is 9.02. The van der Waals surface area contributed by atoms with Gasteiger partial charge in [-0.15, -0.1) is 0 Å². The largest absolute Gasteiger partial charge is 0.496 e. The van der Waals surface area contributed by atoms with E-state index in [-0.39, 0.29) is 19.0 Å². The van der Waals surface area contributed by atoms with E-state index < -0.39 is 5.97 Å². The summed E-state index contributed by atoms with van der Waals surface area (Å²) in [6.07, 6.45) is -0.0915. The van der Waals surface area contributed by atoms with Gasteiger partial charge in [-0.3, -0.25) is 4.79 Å². The maximum atomic E-state index is 11.4. The van der Waals surface area contributed by atoms with Crippen LogP contribution in [0.5, 0.6) is 5.75 Å². The highest BCUT2D eigenvalue weighted by Gasteiger charge is 2.04. The van der Waals surface area contributed by atoms with E-state index in [2.05, 4.69) is 10.6 Å². The van der Waals surface area contributed by atoms with Gasteiger partial charge < -0.3 is 20.5 Å². The SMILES string of the molecule is COc1cc(CNC(=O)NCCC(=O)O)ccc1C. The number of aliphatic carboxylic acids is 1. The fourth-order valence-electron chi connectivity index (χ4n) is 1.50. The van der Waals surface area contributed by atoms with Crippen molar-refractivity contribution in [2.75, 3.05) is 13.7 Å². The van der Waals surface area contributed by atoms with Crippen LogP contribution in [-0.4, -0.2) is 30.8 Å². The van der Waals surface area contributed by atoms with Crippen LogP contribution in [0.1, 0.15) is 17.5 Å². The molecule has 0 aliphatic rings. The van der Waals surface area contributed by atoms with Crippen molar-refractivity contribution >= 4 is 12.0 Å². The lowest BCUT2D eigenvalue weighted by atomic mass is 10.1. The fraction of sp³-hybridized carbons (Fsp3) is 0.385. The van der Waals surface area contributed by atoms with Gasteiger partial charge >= 0.3 is 12.0 Å². The van der Waals surface area contributed by atoms with Gasteiger partial charge in [0.15, 0.2) is 0 Å². The summed E-state index contributed by atoms with van der Waals surface area (Å²) in [6.45, 7) is 2.41. The van der Waals surface area contributed by atoms with Crippen LogP contribution in [0.4, 0.5) is 4.79 Å². The molecular weight excluding hydrogens is 248 g/mol. The molecule has 0 bridgehead atoms. The minimum absolute atomic E-state index is 0.0915. The lowest BCUT2D eigenvalue weighted by Gasteiger charge is -2.09. The summed E-state index contributed by atoms with van der Waals surface area (Å²) < 4.78 is 5.19. The zero-order valence-electron chi connectivity index (χ0n) is 11.0. The minimum Gasteiger partial charge on any atom is -0.496 e. The average Bonchev–Trinajstić information content (AvgIpc) is 2.37. The van der Waals surface area contributed by atoms with Crippen molar-refractivity contribution in [3.8, 4) is 5.75 Å². The van der Waals surface area contributed by atoms with E-state index in [0.717, 1.165) is 16.9 Å². The standard InChI is InChI=1S/C13H18N2O4/c1-9-3-4-10(7-11(9)19-2)8-15-13(18)14-6-5-12(16)17/h3-4,7H,5-6,8H2,1-2H3,(H,16,17)(H2,14,15,18). The highest BCUT2D eigenvalue weighted by Crippen LogP contribution is 2.18. The summed E-state index contributed by atoms with van der Waals surface area (Å²) in [5, 5.41) is 13.5. The van der Waals surface area contributed by atoms with Gasteiger partial charge in [-0.05, 0) is 24.1 Å². The van der Waals surface area contributed by atoms with Crippen LogP contribution in [0.3, 0.4) is 0 Å². The van der Waals surface area contributed by atoms with Gasteiger partial charge in [0.05, 0.1) is 13.5 Å². The normalized spacial score (nSPS) is 9.79. The molecule has 0 radical (unpaired) electrons. The molecular formula is C13H18N2O4. The Balaban J connectivity index is 2.39. The number of rotatable bonds is 6. The van der Waals surface area contributed by atoms with Crippen LogP contribution >= 0.6 is 0 Å². The number of urea groups is 1. The number of hydrogen-bond donors (Lipinski definition) is 3. The number of carbonyl (C=O) groups excluding carboxylic acids is 1. The summed E-state index contributed by atoms with van der Waals surface area (Å²) in [5.41, 5.74) is 1.94. The maximum absolute atomic E-state index is 11.4. The molecule has 0 saturated heterocycles. The number of carboxylic acids is 1. The van der Waals surface area contributed by atoms with Crippen molar-refractivity contribution in [1.29, 1.82) is 0 Å². The fourth-order valence-corrected chi connectivity index (χ4v) is 1.50. The lowest BCUT2D eigenvalue weighted by Crippen LogP contribution is -2.36. The molecule has 104 valence electrons. The van der Waals surface area contributed by atoms with Crippen molar-refractivity contribution in [2.45, 2.75) is 19.9 Å². The van der Waals surface area contributed by atoms with Crippen molar-refractivity contribution in [3.05, 3.63) is 29.3 Å². The van der Waals surface area contributed by atoms with E-state index >= 15 is 0 Å². The molecule has 19 heavy (non-hydrogen) atoms.